The minimum atomic E-state index is -0.760. The summed E-state index contributed by atoms with van der Waals surface area (Å²) in [6.07, 6.45) is -0.0311. The van der Waals surface area contributed by atoms with Gasteiger partial charge in [-0.05, 0) is 24.6 Å². The molecule has 1 amide bonds. The molecule has 2 aromatic rings. The van der Waals surface area contributed by atoms with Crippen LogP contribution in [0.25, 0.3) is 0 Å². The maximum Gasteiger partial charge on any atom is 0.234 e. The lowest BCUT2D eigenvalue weighted by molar-refractivity contribution is -0.127. The van der Waals surface area contributed by atoms with Gasteiger partial charge >= 0.3 is 0 Å². The molecule has 164 valence electrons. The Hall–Kier alpha value is -1.83. The monoisotopic (exact) mass is 453 g/mol. The number of aliphatic hydroxyl groups excluding tert-OH is 1. The molecule has 2 aliphatic rings. The highest BCUT2D eigenvalue weighted by Gasteiger charge is 2.42. The molecule has 0 spiro atoms. The molecule has 8 heteroatoms. The predicted molar refractivity (Wildman–Crippen MR) is 121 cm³/mol. The number of para-hydroxylation sites is 1. The molecule has 0 aliphatic carbocycles. The van der Waals surface area contributed by atoms with E-state index in [1.807, 2.05) is 54.6 Å². The number of amides is 1. The molecular formula is C22H29Cl2N3O3. The van der Waals surface area contributed by atoms with Gasteiger partial charge in [-0.2, -0.15) is 0 Å². The van der Waals surface area contributed by atoms with Crippen molar-refractivity contribution in [3.05, 3.63) is 65.7 Å². The Morgan fingerprint density at radius 2 is 1.90 bits per heavy atom. The van der Waals surface area contributed by atoms with Crippen LogP contribution in [0.15, 0.2) is 54.6 Å². The van der Waals surface area contributed by atoms with E-state index in [4.69, 9.17) is 4.74 Å². The third kappa shape index (κ3) is 5.25. The quantitative estimate of drug-likeness (QED) is 0.660. The Balaban J connectivity index is 0.00000160. The van der Waals surface area contributed by atoms with Crippen molar-refractivity contribution in [1.29, 1.82) is 0 Å². The number of aliphatic hydroxyl groups is 1. The summed E-state index contributed by atoms with van der Waals surface area (Å²) in [4.78, 5) is 15.1. The Morgan fingerprint density at radius 1 is 1.17 bits per heavy atom. The molecule has 4 rings (SSSR count). The predicted octanol–water partition coefficient (Wildman–Crippen LogP) is 2.09. The molecule has 0 unspecified atom stereocenters. The van der Waals surface area contributed by atoms with Gasteiger partial charge in [-0.1, -0.05) is 48.5 Å². The zero-order valence-electron chi connectivity index (χ0n) is 16.8. The molecule has 6 nitrogen and oxygen atoms in total. The van der Waals surface area contributed by atoms with Gasteiger partial charge in [-0.25, -0.2) is 0 Å². The molecule has 0 bridgehead atoms. The van der Waals surface area contributed by atoms with Crippen molar-refractivity contribution in [2.75, 3.05) is 32.8 Å². The van der Waals surface area contributed by atoms with E-state index in [9.17, 15) is 9.90 Å². The van der Waals surface area contributed by atoms with Crippen molar-refractivity contribution in [3.63, 3.8) is 0 Å². The van der Waals surface area contributed by atoms with E-state index in [-0.39, 0.29) is 37.3 Å². The van der Waals surface area contributed by atoms with Crippen LogP contribution in [0.2, 0.25) is 0 Å². The highest BCUT2D eigenvalue weighted by molar-refractivity contribution is 5.85. The second-order valence-electron chi connectivity index (χ2n) is 7.52. The van der Waals surface area contributed by atoms with Crippen molar-refractivity contribution in [2.45, 2.75) is 24.6 Å². The number of ether oxygens (including phenoxy) is 1. The zero-order chi connectivity index (χ0) is 19.4. The second-order valence-corrected chi connectivity index (χ2v) is 7.52. The number of halogens is 2. The number of fused-ring (bicyclic) bond motifs is 1. The molecule has 1 saturated heterocycles. The van der Waals surface area contributed by atoms with Gasteiger partial charge in [0.2, 0.25) is 5.91 Å². The Morgan fingerprint density at radius 3 is 2.67 bits per heavy atom. The minimum absolute atomic E-state index is 0. The summed E-state index contributed by atoms with van der Waals surface area (Å²) >= 11 is 0. The first-order valence-corrected chi connectivity index (χ1v) is 9.86. The van der Waals surface area contributed by atoms with Gasteiger partial charge in [0.25, 0.3) is 0 Å². The van der Waals surface area contributed by atoms with Crippen LogP contribution in [0.3, 0.4) is 0 Å². The van der Waals surface area contributed by atoms with E-state index in [2.05, 4.69) is 15.5 Å². The first-order valence-electron chi connectivity index (χ1n) is 9.86. The molecule has 2 atom stereocenters. The van der Waals surface area contributed by atoms with Crippen LogP contribution < -0.4 is 15.4 Å². The number of piperidine rings is 1. The number of nitrogens with zero attached hydrogens (tertiary/aromatic N) is 1. The second kappa shape index (κ2) is 11.0. The number of rotatable bonds is 4. The number of benzene rings is 2. The van der Waals surface area contributed by atoms with Crippen LogP contribution in [0.5, 0.6) is 5.75 Å². The highest BCUT2D eigenvalue weighted by Crippen LogP contribution is 2.31. The van der Waals surface area contributed by atoms with Gasteiger partial charge in [0, 0.05) is 25.2 Å². The lowest BCUT2D eigenvalue weighted by atomic mass is 9.79. The van der Waals surface area contributed by atoms with Crippen molar-refractivity contribution in [3.8, 4) is 5.75 Å². The molecule has 2 aromatic carbocycles. The molecule has 2 aliphatic heterocycles. The van der Waals surface area contributed by atoms with Crippen LogP contribution in [0.1, 0.15) is 17.5 Å². The van der Waals surface area contributed by atoms with Gasteiger partial charge in [-0.3, -0.25) is 9.69 Å². The zero-order valence-corrected chi connectivity index (χ0v) is 18.4. The number of β-amino-alcohol motifs (C(OH)–C–C–N with tert-alkyl or cyclic N) is 1. The van der Waals surface area contributed by atoms with Gasteiger partial charge < -0.3 is 20.5 Å². The van der Waals surface area contributed by atoms with Gasteiger partial charge in [-0.15, -0.1) is 24.8 Å². The van der Waals surface area contributed by atoms with Crippen molar-refractivity contribution in [2.24, 2.45) is 0 Å². The van der Waals surface area contributed by atoms with Gasteiger partial charge in [0.15, 0.2) is 0 Å². The fourth-order valence-electron chi connectivity index (χ4n) is 4.16. The van der Waals surface area contributed by atoms with E-state index in [0.717, 1.165) is 23.4 Å². The Bertz CT molecular complexity index is 824. The maximum absolute atomic E-state index is 13.0. The highest BCUT2D eigenvalue weighted by atomic mass is 35.5. The van der Waals surface area contributed by atoms with Crippen LogP contribution in [0.4, 0.5) is 0 Å². The molecular weight excluding hydrogens is 425 g/mol. The molecule has 2 heterocycles. The smallest absolute Gasteiger partial charge is 0.234 e. The normalized spacial score (nSPS) is 23.6. The topological polar surface area (TPSA) is 73.8 Å². The lowest BCUT2D eigenvalue weighted by Gasteiger charge is -2.43. The van der Waals surface area contributed by atoms with Crippen molar-refractivity contribution >= 4 is 30.7 Å². The molecule has 1 fully saturated rings. The maximum atomic E-state index is 13.0. The summed E-state index contributed by atoms with van der Waals surface area (Å²) in [5.74, 6) is 0.809. The van der Waals surface area contributed by atoms with Crippen LogP contribution >= 0.6 is 24.8 Å². The van der Waals surface area contributed by atoms with Crippen LogP contribution in [0, 0.1) is 0 Å². The molecule has 0 radical (unpaired) electrons. The average Bonchev–Trinajstić information content (AvgIpc) is 2.92. The van der Waals surface area contributed by atoms with E-state index in [0.29, 0.717) is 32.7 Å². The first kappa shape index (κ1) is 24.4. The first-order chi connectivity index (χ1) is 13.7. The fraction of sp³-hybridized carbons (Fsp3) is 0.409. The van der Waals surface area contributed by atoms with Crippen molar-refractivity contribution in [1.82, 2.24) is 15.5 Å². The van der Waals surface area contributed by atoms with E-state index in [1.54, 1.807) is 0 Å². The Kier molecular flexibility index (Phi) is 8.94. The number of hydrogen-bond acceptors (Lipinski definition) is 5. The van der Waals surface area contributed by atoms with Crippen molar-refractivity contribution < 1.29 is 14.6 Å². The summed E-state index contributed by atoms with van der Waals surface area (Å²) in [5, 5.41) is 17.2. The van der Waals surface area contributed by atoms with E-state index >= 15 is 0 Å². The van der Waals surface area contributed by atoms with Gasteiger partial charge in [0.05, 0.1) is 18.2 Å². The summed E-state index contributed by atoms with van der Waals surface area (Å²) in [6, 6.07) is 17.7. The van der Waals surface area contributed by atoms with Gasteiger partial charge in [0.1, 0.15) is 12.4 Å². The molecule has 0 saturated carbocycles. The van der Waals surface area contributed by atoms with Crippen LogP contribution in [-0.2, 0) is 16.9 Å². The van der Waals surface area contributed by atoms with Crippen LogP contribution in [-0.4, -0.2) is 54.8 Å². The number of hydrogen-bond donors (Lipinski definition) is 3. The number of carbonyl (C=O) groups is 1. The number of nitrogens with one attached hydrogen (secondary N) is 2. The summed E-state index contributed by atoms with van der Waals surface area (Å²) in [7, 11) is 0. The fourth-order valence-corrected chi connectivity index (χ4v) is 4.16. The lowest BCUT2D eigenvalue weighted by Crippen LogP contribution is -2.62. The molecule has 3 N–H and O–H groups in total. The Labute approximate surface area is 189 Å². The standard InChI is InChI=1S/C22H27N3O3.2ClH/c26-20-14-23-11-10-22(20,18-7-2-1-3-8-18)24-21(27)16-25-12-13-28-19-9-5-4-6-17(19)15-25;;/h1-9,20,23,26H,10-16H2,(H,24,27);2*1H/t20-,22+;;/m1../s1. The minimum Gasteiger partial charge on any atom is -0.492 e. The largest absolute Gasteiger partial charge is 0.492 e. The summed E-state index contributed by atoms with van der Waals surface area (Å²) in [5.41, 5.74) is 1.28. The number of carbonyl (C=O) groups excluding carboxylic acids is 1. The third-order valence-corrected chi connectivity index (χ3v) is 5.65. The van der Waals surface area contributed by atoms with E-state index in [1.165, 1.54) is 0 Å². The molecule has 30 heavy (non-hydrogen) atoms. The summed E-state index contributed by atoms with van der Waals surface area (Å²) in [6.45, 7) is 3.39. The molecule has 0 aromatic heterocycles. The third-order valence-electron chi connectivity index (χ3n) is 5.65. The SMILES string of the molecule is Cl.Cl.O=C(CN1CCOc2ccccc2C1)N[C@]1(c2ccccc2)CCNC[C@H]1O. The average molecular weight is 454 g/mol. The summed E-state index contributed by atoms with van der Waals surface area (Å²) < 4.78 is 5.79. The van der Waals surface area contributed by atoms with E-state index < -0.39 is 11.6 Å².